The van der Waals surface area contributed by atoms with E-state index in [2.05, 4.69) is 0 Å². The summed E-state index contributed by atoms with van der Waals surface area (Å²) in [6.45, 7) is 0. The van der Waals surface area contributed by atoms with Crippen molar-refractivity contribution in [2.45, 2.75) is 0 Å². The Kier molecular flexibility index (Phi) is 3.48. The van der Waals surface area contributed by atoms with Crippen LogP contribution in [0.3, 0.4) is 0 Å². The molecule has 0 aliphatic rings. The summed E-state index contributed by atoms with van der Waals surface area (Å²) in [6.07, 6.45) is 1.27. The van der Waals surface area contributed by atoms with Gasteiger partial charge in [-0.15, -0.1) is 0 Å². The second kappa shape index (κ2) is 4.62. The van der Waals surface area contributed by atoms with Gasteiger partial charge in [0.1, 0.15) is 5.75 Å². The minimum absolute atomic E-state index is 0.418. The van der Waals surface area contributed by atoms with Crippen molar-refractivity contribution in [1.82, 2.24) is 0 Å². The van der Waals surface area contributed by atoms with Crippen molar-refractivity contribution in [3.63, 3.8) is 0 Å². The Hall–Kier alpha value is -1.55. The Morgan fingerprint density at radius 1 is 1.64 bits per heavy atom. The number of hydrogen-bond acceptors (Lipinski definition) is 3. The summed E-state index contributed by atoms with van der Waals surface area (Å²) in [6, 6.07) is 6.84. The van der Waals surface area contributed by atoms with Crippen molar-refractivity contribution >= 4 is 17.7 Å². The summed E-state index contributed by atoms with van der Waals surface area (Å²) >= 11 is 5.37. The Bertz CT molecular complexity index is 376. The van der Waals surface area contributed by atoms with Crippen molar-refractivity contribution in [2.24, 2.45) is 0 Å². The average Bonchev–Trinajstić information content (AvgIpc) is 2.18. The molecular formula is C9H8ClNO3. The summed E-state index contributed by atoms with van der Waals surface area (Å²) in [5.74, 6) is 0.631. The second-order valence-electron chi connectivity index (χ2n) is 2.50. The standard InChI is InChI=1S/C9H8ClNO3/c1-14-8-4-2-3-7(5-8)6-9(10)11(12)13/h2-6H,1H3. The van der Waals surface area contributed by atoms with Crippen LogP contribution in [0.2, 0.25) is 0 Å². The van der Waals surface area contributed by atoms with Crippen LogP contribution in [0.15, 0.2) is 29.4 Å². The number of nitrogens with zero attached hydrogens (tertiary/aromatic N) is 1. The molecular weight excluding hydrogens is 206 g/mol. The fourth-order valence-electron chi connectivity index (χ4n) is 0.922. The lowest BCUT2D eigenvalue weighted by Gasteiger charge is -1.99. The van der Waals surface area contributed by atoms with Crippen LogP contribution >= 0.6 is 11.6 Å². The molecule has 0 radical (unpaired) electrons. The van der Waals surface area contributed by atoms with Gasteiger partial charge < -0.3 is 4.74 Å². The summed E-state index contributed by atoms with van der Waals surface area (Å²) in [7, 11) is 1.53. The molecule has 0 aliphatic carbocycles. The van der Waals surface area contributed by atoms with Crippen LogP contribution in [0.4, 0.5) is 0 Å². The Labute approximate surface area is 85.9 Å². The molecule has 1 aromatic rings. The van der Waals surface area contributed by atoms with E-state index >= 15 is 0 Å². The van der Waals surface area contributed by atoms with E-state index in [0.717, 1.165) is 0 Å². The molecule has 0 saturated heterocycles. The van der Waals surface area contributed by atoms with Crippen LogP contribution < -0.4 is 4.74 Å². The molecule has 0 atom stereocenters. The first-order chi connectivity index (χ1) is 6.63. The van der Waals surface area contributed by atoms with Crippen molar-refractivity contribution in [3.8, 4) is 5.75 Å². The molecule has 14 heavy (non-hydrogen) atoms. The highest BCUT2D eigenvalue weighted by Crippen LogP contribution is 2.16. The normalized spacial score (nSPS) is 11.1. The van der Waals surface area contributed by atoms with E-state index in [1.807, 2.05) is 0 Å². The molecule has 0 spiro atoms. The monoisotopic (exact) mass is 213 g/mol. The lowest BCUT2D eigenvalue weighted by Crippen LogP contribution is -1.90. The molecule has 1 rings (SSSR count). The Morgan fingerprint density at radius 2 is 2.36 bits per heavy atom. The third-order valence-corrected chi connectivity index (χ3v) is 1.80. The molecule has 74 valence electrons. The highest BCUT2D eigenvalue weighted by molar-refractivity contribution is 6.29. The van der Waals surface area contributed by atoms with Crippen LogP contribution in [0, 0.1) is 10.1 Å². The smallest absolute Gasteiger partial charge is 0.337 e. The maximum absolute atomic E-state index is 10.2. The van der Waals surface area contributed by atoms with Gasteiger partial charge in [0.15, 0.2) is 0 Å². The fraction of sp³-hybridized carbons (Fsp3) is 0.111. The maximum Gasteiger partial charge on any atom is 0.337 e. The van der Waals surface area contributed by atoms with Crippen molar-refractivity contribution < 1.29 is 9.66 Å². The number of halogens is 1. The van der Waals surface area contributed by atoms with Gasteiger partial charge >= 0.3 is 5.16 Å². The van der Waals surface area contributed by atoms with E-state index in [1.165, 1.54) is 13.2 Å². The molecule has 0 heterocycles. The predicted octanol–water partition coefficient (Wildman–Crippen LogP) is 2.51. The Balaban J connectivity index is 2.97. The lowest BCUT2D eigenvalue weighted by atomic mass is 10.2. The van der Waals surface area contributed by atoms with Gasteiger partial charge in [0.2, 0.25) is 0 Å². The molecule has 0 aromatic heterocycles. The zero-order valence-corrected chi connectivity index (χ0v) is 8.19. The molecule has 5 heteroatoms. The molecule has 0 saturated carbocycles. The summed E-state index contributed by atoms with van der Waals surface area (Å²) in [5.41, 5.74) is 0.631. The van der Waals surface area contributed by atoms with Crippen LogP contribution in [0.1, 0.15) is 5.56 Å². The van der Waals surface area contributed by atoms with E-state index in [1.54, 1.807) is 24.3 Å². The van der Waals surface area contributed by atoms with Gasteiger partial charge in [-0.2, -0.15) is 0 Å². The minimum atomic E-state index is -0.652. The molecule has 0 fully saturated rings. The predicted molar refractivity (Wildman–Crippen MR) is 53.8 cm³/mol. The van der Waals surface area contributed by atoms with E-state index in [-0.39, 0.29) is 0 Å². The molecule has 0 N–H and O–H groups in total. The van der Waals surface area contributed by atoms with E-state index in [0.29, 0.717) is 11.3 Å². The number of nitro groups is 1. The van der Waals surface area contributed by atoms with Gasteiger partial charge in [-0.1, -0.05) is 12.1 Å². The maximum atomic E-state index is 10.2. The zero-order valence-electron chi connectivity index (χ0n) is 7.44. The van der Waals surface area contributed by atoms with Crippen molar-refractivity contribution in [2.75, 3.05) is 7.11 Å². The van der Waals surface area contributed by atoms with Gasteiger partial charge in [0.05, 0.1) is 12.0 Å². The third-order valence-electron chi connectivity index (χ3n) is 1.55. The van der Waals surface area contributed by atoms with E-state index in [4.69, 9.17) is 16.3 Å². The van der Waals surface area contributed by atoms with Crippen LogP contribution in [-0.4, -0.2) is 12.0 Å². The van der Waals surface area contributed by atoms with Crippen LogP contribution in [0.5, 0.6) is 5.75 Å². The number of benzene rings is 1. The fourth-order valence-corrected chi connectivity index (χ4v) is 1.05. The second-order valence-corrected chi connectivity index (χ2v) is 2.89. The average molecular weight is 214 g/mol. The summed E-state index contributed by atoms with van der Waals surface area (Å²) in [5, 5.41) is 9.81. The van der Waals surface area contributed by atoms with Crippen molar-refractivity contribution in [3.05, 3.63) is 45.1 Å². The number of rotatable bonds is 3. The highest BCUT2D eigenvalue weighted by Gasteiger charge is 2.05. The van der Waals surface area contributed by atoms with E-state index < -0.39 is 10.1 Å². The Morgan fingerprint density at radius 3 is 2.93 bits per heavy atom. The summed E-state index contributed by atoms with van der Waals surface area (Å²) < 4.78 is 4.95. The van der Waals surface area contributed by atoms with Crippen LogP contribution in [-0.2, 0) is 0 Å². The van der Waals surface area contributed by atoms with Crippen LogP contribution in [0.25, 0.3) is 6.08 Å². The first-order valence-electron chi connectivity index (χ1n) is 3.79. The largest absolute Gasteiger partial charge is 0.497 e. The third kappa shape index (κ3) is 2.74. The minimum Gasteiger partial charge on any atom is -0.497 e. The summed E-state index contributed by atoms with van der Waals surface area (Å²) in [4.78, 5) is 9.58. The molecule has 0 amide bonds. The number of ether oxygens (including phenoxy) is 1. The van der Waals surface area contributed by atoms with Crippen molar-refractivity contribution in [1.29, 1.82) is 0 Å². The van der Waals surface area contributed by atoms with E-state index in [9.17, 15) is 10.1 Å². The molecule has 0 aliphatic heterocycles. The zero-order chi connectivity index (χ0) is 10.6. The molecule has 0 unspecified atom stereocenters. The first kappa shape index (κ1) is 10.5. The molecule has 4 nitrogen and oxygen atoms in total. The SMILES string of the molecule is COc1cccc(C=C(Cl)[N+](=O)[O-])c1. The topological polar surface area (TPSA) is 52.4 Å². The molecule has 0 bridgehead atoms. The first-order valence-corrected chi connectivity index (χ1v) is 4.17. The van der Waals surface area contributed by atoms with Gasteiger partial charge in [-0.25, -0.2) is 0 Å². The quantitative estimate of drug-likeness (QED) is 0.440. The van der Waals surface area contributed by atoms with Gasteiger partial charge in [0, 0.05) is 6.08 Å². The number of methoxy groups -OCH3 is 1. The number of hydrogen-bond donors (Lipinski definition) is 0. The highest BCUT2D eigenvalue weighted by atomic mass is 35.5. The van der Waals surface area contributed by atoms with Gasteiger partial charge in [-0.3, -0.25) is 10.1 Å². The lowest BCUT2D eigenvalue weighted by molar-refractivity contribution is -0.410. The molecule has 1 aromatic carbocycles. The van der Waals surface area contributed by atoms with Gasteiger partial charge in [0.25, 0.3) is 0 Å². The van der Waals surface area contributed by atoms with Gasteiger partial charge in [-0.05, 0) is 29.3 Å².